The molecular formula is C19H16F2N6O2. The number of fused-ring (bicyclic) bond motifs is 2. The maximum atomic E-state index is 13.3. The average molecular weight is 398 g/mol. The smallest absolute Gasteiger partial charge is 0.292 e. The highest BCUT2D eigenvalue weighted by Gasteiger charge is 2.39. The van der Waals surface area contributed by atoms with Crippen molar-refractivity contribution in [2.75, 3.05) is 6.54 Å². The van der Waals surface area contributed by atoms with Gasteiger partial charge in [0.2, 0.25) is 5.76 Å². The van der Waals surface area contributed by atoms with E-state index in [-0.39, 0.29) is 0 Å². The number of hydrogen-bond donors (Lipinski definition) is 1. The molecule has 4 aromatic heterocycles. The van der Waals surface area contributed by atoms with Crippen molar-refractivity contribution in [1.82, 2.24) is 29.5 Å². The minimum atomic E-state index is -2.91. The number of nitrogens with one attached hydrogen (secondary N) is 1. The standard InChI is InChI=1S/C19H16F2N6O2/c1-10-3-2-4-11-7-13(25-27(10)11)16-14-12(22-8-23-14)5-6-26(16)19(28)17-15(18(20)21)24-9-29-17/h2-4,7-9,16,18H,5-6H2,1H3,(H,22,23)/t16-/m1/s1. The second-order valence-corrected chi connectivity index (χ2v) is 6.86. The quantitative estimate of drug-likeness (QED) is 0.573. The number of carbonyl (C=O) groups is 1. The molecular weight excluding hydrogens is 382 g/mol. The molecule has 1 aliphatic rings. The number of rotatable bonds is 3. The lowest BCUT2D eigenvalue weighted by atomic mass is 9.99. The summed E-state index contributed by atoms with van der Waals surface area (Å²) in [5.74, 6) is -1.12. The number of hydrogen-bond acceptors (Lipinski definition) is 5. The minimum Gasteiger partial charge on any atom is -0.438 e. The lowest BCUT2D eigenvalue weighted by Gasteiger charge is -2.33. The summed E-state index contributed by atoms with van der Waals surface area (Å²) in [5.41, 5.74) is 3.26. The first-order valence-electron chi connectivity index (χ1n) is 9.04. The number of halogens is 2. The Morgan fingerprint density at radius 1 is 1.34 bits per heavy atom. The summed E-state index contributed by atoms with van der Waals surface area (Å²) in [6.07, 6.45) is 0.0326. The second kappa shape index (κ2) is 6.50. The first-order valence-corrected chi connectivity index (χ1v) is 9.04. The molecule has 0 aromatic carbocycles. The van der Waals surface area contributed by atoms with Crippen molar-refractivity contribution in [2.24, 2.45) is 0 Å². The predicted octanol–water partition coefficient (Wildman–Crippen LogP) is 3.08. The van der Waals surface area contributed by atoms with Gasteiger partial charge in [0.15, 0.2) is 12.1 Å². The summed E-state index contributed by atoms with van der Waals surface area (Å²) >= 11 is 0. The van der Waals surface area contributed by atoms with Crippen LogP contribution >= 0.6 is 0 Å². The van der Waals surface area contributed by atoms with Gasteiger partial charge < -0.3 is 14.3 Å². The molecule has 0 saturated carbocycles. The first-order chi connectivity index (χ1) is 14.0. The fraction of sp³-hybridized carbons (Fsp3) is 0.263. The molecule has 0 radical (unpaired) electrons. The zero-order valence-corrected chi connectivity index (χ0v) is 15.3. The Bertz CT molecular complexity index is 1210. The van der Waals surface area contributed by atoms with E-state index in [2.05, 4.69) is 20.1 Å². The molecule has 1 aliphatic heterocycles. The summed E-state index contributed by atoms with van der Waals surface area (Å²) in [5, 5.41) is 4.66. The lowest BCUT2D eigenvalue weighted by Crippen LogP contribution is -2.41. The number of alkyl halides is 2. The third-order valence-electron chi connectivity index (χ3n) is 5.16. The van der Waals surface area contributed by atoms with Crippen molar-refractivity contribution < 1.29 is 18.0 Å². The third kappa shape index (κ3) is 2.71. The number of oxazole rings is 1. The molecule has 0 unspecified atom stereocenters. The van der Waals surface area contributed by atoms with Crippen LogP contribution in [0.5, 0.6) is 0 Å². The van der Waals surface area contributed by atoms with E-state index in [4.69, 9.17) is 4.42 Å². The molecule has 29 heavy (non-hydrogen) atoms. The maximum absolute atomic E-state index is 13.3. The van der Waals surface area contributed by atoms with E-state index in [9.17, 15) is 13.6 Å². The van der Waals surface area contributed by atoms with Gasteiger partial charge in [0, 0.05) is 24.4 Å². The minimum absolute atomic E-state index is 0.301. The van der Waals surface area contributed by atoms with Crippen LogP contribution in [0.1, 0.15) is 51.5 Å². The van der Waals surface area contributed by atoms with Gasteiger partial charge >= 0.3 is 0 Å². The molecule has 4 aromatic rings. The van der Waals surface area contributed by atoms with Crippen LogP contribution in [0.25, 0.3) is 5.52 Å². The van der Waals surface area contributed by atoms with E-state index in [1.165, 1.54) is 4.90 Å². The Labute approximate surface area is 163 Å². The first kappa shape index (κ1) is 17.5. The van der Waals surface area contributed by atoms with Gasteiger partial charge in [-0.15, -0.1) is 0 Å². The second-order valence-electron chi connectivity index (χ2n) is 6.86. The van der Waals surface area contributed by atoms with E-state index in [0.717, 1.165) is 23.3 Å². The fourth-order valence-electron chi connectivity index (χ4n) is 3.80. The monoisotopic (exact) mass is 398 g/mol. The molecule has 0 bridgehead atoms. The number of pyridine rings is 1. The summed E-state index contributed by atoms with van der Waals surface area (Å²) in [6.45, 7) is 2.23. The molecule has 148 valence electrons. The molecule has 0 spiro atoms. The van der Waals surface area contributed by atoms with Crippen LogP contribution in [0.2, 0.25) is 0 Å². The third-order valence-corrected chi connectivity index (χ3v) is 5.16. The summed E-state index contributed by atoms with van der Waals surface area (Å²) < 4.78 is 33.3. The van der Waals surface area contributed by atoms with E-state index in [1.807, 2.05) is 31.2 Å². The zero-order chi connectivity index (χ0) is 20.1. The van der Waals surface area contributed by atoms with Crippen molar-refractivity contribution in [1.29, 1.82) is 0 Å². The Hall–Kier alpha value is -3.56. The largest absolute Gasteiger partial charge is 0.438 e. The highest BCUT2D eigenvalue weighted by molar-refractivity contribution is 5.93. The van der Waals surface area contributed by atoms with Gasteiger partial charge in [-0.25, -0.2) is 23.3 Å². The van der Waals surface area contributed by atoms with Crippen LogP contribution in [-0.2, 0) is 6.42 Å². The van der Waals surface area contributed by atoms with Crippen molar-refractivity contribution in [3.8, 4) is 0 Å². The number of aryl methyl sites for hydroxylation is 1. The Kier molecular flexibility index (Phi) is 3.93. The van der Waals surface area contributed by atoms with E-state index in [0.29, 0.717) is 24.4 Å². The zero-order valence-electron chi connectivity index (χ0n) is 15.3. The molecule has 10 heteroatoms. The van der Waals surface area contributed by atoms with Crippen LogP contribution in [-0.4, -0.2) is 41.9 Å². The number of nitrogens with zero attached hydrogens (tertiary/aromatic N) is 5. The number of amides is 1. The maximum Gasteiger partial charge on any atom is 0.292 e. The Morgan fingerprint density at radius 2 is 2.21 bits per heavy atom. The molecule has 1 amide bonds. The van der Waals surface area contributed by atoms with Crippen LogP contribution in [0.4, 0.5) is 8.78 Å². The summed E-state index contributed by atoms with van der Waals surface area (Å²) in [7, 11) is 0. The van der Waals surface area contributed by atoms with E-state index in [1.54, 1.807) is 10.8 Å². The van der Waals surface area contributed by atoms with Crippen molar-refractivity contribution in [3.63, 3.8) is 0 Å². The highest BCUT2D eigenvalue weighted by atomic mass is 19.3. The van der Waals surface area contributed by atoms with Gasteiger partial charge in [0.1, 0.15) is 6.04 Å². The van der Waals surface area contributed by atoms with Crippen LogP contribution in [0.3, 0.4) is 0 Å². The SMILES string of the molecule is Cc1cccc2cc([C@@H]3c4nc[nH]c4CCN3C(=O)c3ocnc3C(F)F)nn12. The topological polar surface area (TPSA) is 92.3 Å². The van der Waals surface area contributed by atoms with Crippen molar-refractivity contribution in [3.05, 3.63) is 71.2 Å². The van der Waals surface area contributed by atoms with Gasteiger partial charge in [0.05, 0.1) is 23.2 Å². The molecule has 0 saturated heterocycles. The number of carbonyl (C=O) groups excluding carboxylic acids is 1. The lowest BCUT2D eigenvalue weighted by molar-refractivity contribution is 0.0639. The Balaban J connectivity index is 1.63. The molecule has 0 aliphatic carbocycles. The number of H-pyrrole nitrogens is 1. The molecule has 8 nitrogen and oxygen atoms in total. The van der Waals surface area contributed by atoms with Crippen LogP contribution < -0.4 is 0 Å². The number of imidazole rings is 1. The van der Waals surface area contributed by atoms with Gasteiger partial charge in [-0.05, 0) is 25.1 Å². The van der Waals surface area contributed by atoms with Gasteiger partial charge in [-0.1, -0.05) is 6.07 Å². The molecule has 5 rings (SSSR count). The molecule has 5 heterocycles. The van der Waals surface area contributed by atoms with Crippen molar-refractivity contribution in [2.45, 2.75) is 25.8 Å². The van der Waals surface area contributed by atoms with E-state index >= 15 is 0 Å². The normalized spacial score (nSPS) is 16.6. The highest BCUT2D eigenvalue weighted by Crippen LogP contribution is 2.35. The average Bonchev–Trinajstić information content (AvgIpc) is 3.44. The van der Waals surface area contributed by atoms with E-state index < -0.39 is 29.8 Å². The van der Waals surface area contributed by atoms with Crippen molar-refractivity contribution >= 4 is 11.4 Å². The summed E-state index contributed by atoms with van der Waals surface area (Å²) in [4.78, 5) is 25.6. The van der Waals surface area contributed by atoms with Crippen LogP contribution in [0, 0.1) is 6.92 Å². The van der Waals surface area contributed by atoms with Crippen LogP contribution in [0.15, 0.2) is 41.4 Å². The molecule has 0 fully saturated rings. The number of aromatic nitrogens is 5. The molecule has 1 atom stereocenters. The summed E-state index contributed by atoms with van der Waals surface area (Å²) in [6, 6.07) is 7.00. The Morgan fingerprint density at radius 3 is 3.00 bits per heavy atom. The van der Waals surface area contributed by atoms with Gasteiger partial charge in [-0.2, -0.15) is 5.10 Å². The molecule has 1 N–H and O–H groups in total. The van der Waals surface area contributed by atoms with Gasteiger partial charge in [-0.3, -0.25) is 4.79 Å². The predicted molar refractivity (Wildman–Crippen MR) is 96.6 cm³/mol. The fourth-order valence-corrected chi connectivity index (χ4v) is 3.80. The number of aromatic amines is 1. The van der Waals surface area contributed by atoms with Gasteiger partial charge in [0.25, 0.3) is 12.3 Å².